The Balaban J connectivity index is 1.68. The molecule has 2 aromatic carbocycles. The van der Waals surface area contributed by atoms with Gasteiger partial charge >= 0.3 is 5.97 Å². The van der Waals surface area contributed by atoms with Gasteiger partial charge in [-0.15, -0.1) is 0 Å². The summed E-state index contributed by atoms with van der Waals surface area (Å²) in [7, 11) is 0. The number of amides is 1. The number of aliphatic carboxylic acids is 1. The molecule has 30 heavy (non-hydrogen) atoms. The molecule has 5 nitrogen and oxygen atoms in total. The van der Waals surface area contributed by atoms with E-state index in [9.17, 15) is 9.59 Å². The van der Waals surface area contributed by atoms with Crippen LogP contribution in [0.5, 0.6) is 0 Å². The Bertz CT molecular complexity index is 1210. The highest BCUT2D eigenvalue weighted by Crippen LogP contribution is 2.38. The van der Waals surface area contributed by atoms with Gasteiger partial charge in [-0.05, 0) is 66.3 Å². The quantitative estimate of drug-likeness (QED) is 0.479. The number of hydrogen-bond donors (Lipinski definition) is 3. The molecule has 0 fully saturated rings. The number of carbonyl (C=O) groups excluding carboxylic acids is 1. The van der Waals surface area contributed by atoms with E-state index in [1.54, 1.807) is 0 Å². The van der Waals surface area contributed by atoms with Crippen LogP contribution in [-0.4, -0.2) is 22.0 Å². The summed E-state index contributed by atoms with van der Waals surface area (Å²) < 4.78 is 0. The van der Waals surface area contributed by atoms with Crippen LogP contribution in [0.1, 0.15) is 34.4 Å². The molecule has 0 radical (unpaired) electrons. The highest BCUT2D eigenvalue weighted by Gasteiger charge is 2.25. The molecule has 1 aliphatic heterocycles. The average molecular weight is 421 g/mol. The third-order valence-corrected chi connectivity index (χ3v) is 5.98. The van der Waals surface area contributed by atoms with Crippen LogP contribution in [0.15, 0.2) is 42.6 Å². The second-order valence-electron chi connectivity index (χ2n) is 7.43. The van der Waals surface area contributed by atoms with Gasteiger partial charge in [-0.3, -0.25) is 9.59 Å². The van der Waals surface area contributed by atoms with Gasteiger partial charge in [-0.1, -0.05) is 35.9 Å². The third-order valence-electron chi connectivity index (χ3n) is 5.57. The van der Waals surface area contributed by atoms with Crippen molar-refractivity contribution in [3.63, 3.8) is 0 Å². The number of aromatic nitrogens is 1. The molecular weight excluding hydrogens is 400 g/mol. The van der Waals surface area contributed by atoms with Crippen LogP contribution in [0.2, 0.25) is 5.02 Å². The summed E-state index contributed by atoms with van der Waals surface area (Å²) in [5, 5.41) is 12.6. The second-order valence-corrected chi connectivity index (χ2v) is 7.84. The molecule has 152 valence electrons. The number of H-pyrrole nitrogens is 1. The maximum absolute atomic E-state index is 12.6. The lowest BCUT2D eigenvalue weighted by atomic mass is 9.97. The van der Waals surface area contributed by atoms with E-state index in [4.69, 9.17) is 16.7 Å². The Hall–Kier alpha value is -3.31. The van der Waals surface area contributed by atoms with Crippen molar-refractivity contribution in [3.05, 3.63) is 75.6 Å². The topological polar surface area (TPSA) is 82.2 Å². The normalized spacial score (nSPS) is 14.1. The van der Waals surface area contributed by atoms with Crippen molar-refractivity contribution in [1.29, 1.82) is 0 Å². The second kappa shape index (κ2) is 7.84. The number of carbonyl (C=O) groups is 2. The maximum atomic E-state index is 12.6. The molecule has 0 saturated heterocycles. The first-order valence-electron chi connectivity index (χ1n) is 9.66. The molecule has 2 heterocycles. The third kappa shape index (κ3) is 3.64. The smallest absolute Gasteiger partial charge is 0.303 e. The van der Waals surface area contributed by atoms with Crippen LogP contribution in [0.4, 0.5) is 5.69 Å². The largest absolute Gasteiger partial charge is 0.481 e. The Labute approximate surface area is 179 Å². The number of anilines is 1. The standard InChI is InChI=1S/C24H21ClN2O3/c1-13-16(7-9-23(28)29)12-26-21(13)11-19-18-8-6-15(10-22(18)27-24(19)30)17-4-3-5-20(25)14(17)2/h3-6,8,10-12,26H,7,9H2,1-2H3,(H,27,30)(H,28,29)/b19-11-. The predicted octanol–water partition coefficient (Wildman–Crippen LogP) is 5.46. The number of aryl methyl sites for hydroxylation is 1. The number of carboxylic acid groups (broad SMARTS) is 1. The van der Waals surface area contributed by atoms with Gasteiger partial charge in [0.2, 0.25) is 0 Å². The maximum Gasteiger partial charge on any atom is 0.303 e. The van der Waals surface area contributed by atoms with E-state index < -0.39 is 5.97 Å². The number of carboxylic acids is 1. The Morgan fingerprint density at radius 2 is 1.93 bits per heavy atom. The van der Waals surface area contributed by atoms with Crippen molar-refractivity contribution in [2.24, 2.45) is 0 Å². The SMILES string of the molecule is Cc1c(Cl)cccc1-c1ccc2c(c1)NC(=O)/C2=C\c1[nH]cc(CCC(=O)O)c1C. The first kappa shape index (κ1) is 20.0. The lowest BCUT2D eigenvalue weighted by Crippen LogP contribution is -2.03. The zero-order valence-electron chi connectivity index (χ0n) is 16.7. The molecule has 0 atom stereocenters. The summed E-state index contributed by atoms with van der Waals surface area (Å²) in [6.07, 6.45) is 4.16. The lowest BCUT2D eigenvalue weighted by molar-refractivity contribution is -0.137. The van der Waals surface area contributed by atoms with Crippen LogP contribution in [0, 0.1) is 13.8 Å². The van der Waals surface area contributed by atoms with Crippen molar-refractivity contribution in [2.75, 3.05) is 5.32 Å². The Morgan fingerprint density at radius 1 is 1.13 bits per heavy atom. The zero-order valence-corrected chi connectivity index (χ0v) is 17.4. The molecule has 0 bridgehead atoms. The van der Waals surface area contributed by atoms with Crippen LogP contribution in [0.3, 0.4) is 0 Å². The van der Waals surface area contributed by atoms with Gasteiger partial charge in [0.15, 0.2) is 0 Å². The number of aromatic amines is 1. The van der Waals surface area contributed by atoms with E-state index in [2.05, 4.69) is 10.3 Å². The number of fused-ring (bicyclic) bond motifs is 1. The number of rotatable bonds is 5. The van der Waals surface area contributed by atoms with Gasteiger partial charge in [0.05, 0.1) is 5.57 Å². The summed E-state index contributed by atoms with van der Waals surface area (Å²) in [4.78, 5) is 26.6. The Morgan fingerprint density at radius 3 is 2.70 bits per heavy atom. The van der Waals surface area contributed by atoms with E-state index in [-0.39, 0.29) is 12.3 Å². The van der Waals surface area contributed by atoms with Crippen molar-refractivity contribution in [3.8, 4) is 11.1 Å². The van der Waals surface area contributed by atoms with Crippen molar-refractivity contribution in [2.45, 2.75) is 26.7 Å². The summed E-state index contributed by atoms with van der Waals surface area (Å²) in [5.41, 5.74) is 7.89. The van der Waals surface area contributed by atoms with Gasteiger partial charge in [-0.2, -0.15) is 0 Å². The van der Waals surface area contributed by atoms with Gasteiger partial charge < -0.3 is 15.4 Å². The van der Waals surface area contributed by atoms with E-state index in [1.165, 1.54) is 0 Å². The molecule has 0 spiro atoms. The van der Waals surface area contributed by atoms with Crippen LogP contribution in [-0.2, 0) is 16.0 Å². The first-order valence-corrected chi connectivity index (χ1v) is 10.0. The van der Waals surface area contributed by atoms with E-state index in [0.29, 0.717) is 17.0 Å². The molecule has 0 unspecified atom stereocenters. The van der Waals surface area contributed by atoms with Gasteiger partial charge in [0.1, 0.15) is 0 Å². The van der Waals surface area contributed by atoms with Crippen molar-refractivity contribution < 1.29 is 14.7 Å². The molecule has 1 aliphatic rings. The number of hydrogen-bond acceptors (Lipinski definition) is 2. The first-order chi connectivity index (χ1) is 14.3. The van der Waals surface area contributed by atoms with Gasteiger partial charge in [0, 0.05) is 34.6 Å². The zero-order chi connectivity index (χ0) is 21.4. The van der Waals surface area contributed by atoms with Crippen molar-refractivity contribution in [1.82, 2.24) is 4.98 Å². The highest BCUT2D eigenvalue weighted by atomic mass is 35.5. The summed E-state index contributed by atoms with van der Waals surface area (Å²) >= 11 is 6.26. The minimum atomic E-state index is -0.828. The van der Waals surface area contributed by atoms with Crippen LogP contribution >= 0.6 is 11.6 Å². The fraction of sp³-hybridized carbons (Fsp3) is 0.167. The summed E-state index contributed by atoms with van der Waals surface area (Å²) in [6, 6.07) is 11.7. The van der Waals surface area contributed by atoms with E-state index in [0.717, 1.165) is 44.8 Å². The average Bonchev–Trinajstić information content (AvgIpc) is 3.21. The molecule has 3 N–H and O–H groups in total. The van der Waals surface area contributed by atoms with Gasteiger partial charge in [0.25, 0.3) is 5.91 Å². The number of halogens is 1. The van der Waals surface area contributed by atoms with Crippen LogP contribution < -0.4 is 5.32 Å². The van der Waals surface area contributed by atoms with E-state index >= 15 is 0 Å². The Kier molecular flexibility index (Phi) is 5.22. The minimum absolute atomic E-state index is 0.0731. The molecule has 0 saturated carbocycles. The van der Waals surface area contributed by atoms with Gasteiger partial charge in [-0.25, -0.2) is 0 Å². The molecule has 6 heteroatoms. The van der Waals surface area contributed by atoms with E-state index in [1.807, 2.05) is 62.5 Å². The number of benzene rings is 2. The fourth-order valence-electron chi connectivity index (χ4n) is 3.78. The lowest BCUT2D eigenvalue weighted by Gasteiger charge is -2.09. The molecular formula is C24H21ClN2O3. The molecule has 4 rings (SSSR count). The minimum Gasteiger partial charge on any atom is -0.481 e. The van der Waals surface area contributed by atoms with Crippen LogP contribution in [0.25, 0.3) is 22.8 Å². The van der Waals surface area contributed by atoms with Crippen molar-refractivity contribution >= 4 is 40.8 Å². The number of nitrogens with one attached hydrogen (secondary N) is 2. The fourth-order valence-corrected chi connectivity index (χ4v) is 3.95. The monoisotopic (exact) mass is 420 g/mol. The molecule has 1 aromatic heterocycles. The summed E-state index contributed by atoms with van der Waals surface area (Å²) in [6.45, 7) is 3.91. The predicted molar refractivity (Wildman–Crippen MR) is 120 cm³/mol. The molecule has 3 aromatic rings. The highest BCUT2D eigenvalue weighted by molar-refractivity contribution is 6.35. The molecule has 0 aliphatic carbocycles. The summed E-state index contributed by atoms with van der Waals surface area (Å²) in [5.74, 6) is -0.989. The molecule has 1 amide bonds.